The van der Waals surface area contributed by atoms with Crippen LogP contribution in [0.25, 0.3) is 21.7 Å². The highest BCUT2D eigenvalue weighted by atomic mass is 16.5. The summed E-state index contributed by atoms with van der Waals surface area (Å²) in [5, 5.41) is 15.3. The van der Waals surface area contributed by atoms with Gasteiger partial charge < -0.3 is 14.7 Å². The van der Waals surface area contributed by atoms with E-state index in [9.17, 15) is 5.11 Å². The van der Waals surface area contributed by atoms with E-state index in [4.69, 9.17) is 4.74 Å². The van der Waals surface area contributed by atoms with Gasteiger partial charge in [0.25, 0.3) is 0 Å². The van der Waals surface area contributed by atoms with Crippen molar-refractivity contribution in [3.05, 3.63) is 91.1 Å². The van der Waals surface area contributed by atoms with Gasteiger partial charge in [0.1, 0.15) is 18.5 Å². The summed E-state index contributed by atoms with van der Waals surface area (Å²) in [6, 6.07) is 26.6. The molecule has 6 rings (SSSR count). The molecule has 0 radical (unpaired) electrons. The molecule has 1 aromatic heterocycles. The van der Waals surface area contributed by atoms with Gasteiger partial charge in [-0.05, 0) is 72.9 Å². The van der Waals surface area contributed by atoms with Crippen LogP contribution in [0.4, 0.5) is 5.69 Å². The average Bonchev–Trinajstić information content (AvgIpc) is 3.19. The number of aliphatic hydroxyl groups is 1. The summed E-state index contributed by atoms with van der Waals surface area (Å²) in [5.41, 5.74) is 2.25. The van der Waals surface area contributed by atoms with Crippen molar-refractivity contribution in [1.29, 1.82) is 0 Å². The number of aliphatic hydroxyl groups excluding tert-OH is 1. The summed E-state index contributed by atoms with van der Waals surface area (Å²) in [6.07, 6.45) is 34.0. The van der Waals surface area contributed by atoms with Crippen molar-refractivity contribution in [3.8, 4) is 5.75 Å². The molecular weight excluding hydrogens is 663 g/mol. The smallest absolute Gasteiger partial charge is 0.128 e. The van der Waals surface area contributed by atoms with Crippen molar-refractivity contribution < 1.29 is 9.84 Å². The number of pyridine rings is 1. The monoisotopic (exact) mass is 732 g/mol. The molecule has 3 unspecified atom stereocenters. The highest BCUT2D eigenvalue weighted by molar-refractivity contribution is 5.86. The van der Waals surface area contributed by atoms with Crippen LogP contribution in [0, 0.1) is 0 Å². The fraction of sp³-hybridized carbons (Fsp3) is 0.571. The number of rotatable bonds is 6. The van der Waals surface area contributed by atoms with Gasteiger partial charge in [-0.1, -0.05) is 158 Å². The van der Waals surface area contributed by atoms with E-state index < -0.39 is 6.10 Å². The van der Waals surface area contributed by atoms with Crippen molar-refractivity contribution in [3.63, 3.8) is 0 Å². The summed E-state index contributed by atoms with van der Waals surface area (Å²) in [5.74, 6) is 0.792. The van der Waals surface area contributed by atoms with Crippen molar-refractivity contribution in [2.75, 3.05) is 31.1 Å². The van der Waals surface area contributed by atoms with Gasteiger partial charge in [-0.25, -0.2) is 0 Å². The molecule has 4 aromatic rings. The van der Waals surface area contributed by atoms with Gasteiger partial charge in [0.2, 0.25) is 0 Å². The molecule has 0 saturated carbocycles. The van der Waals surface area contributed by atoms with E-state index in [0.29, 0.717) is 18.6 Å². The van der Waals surface area contributed by atoms with Crippen LogP contribution in [0.2, 0.25) is 0 Å². The largest absolute Gasteiger partial charge is 0.490 e. The van der Waals surface area contributed by atoms with E-state index in [1.807, 2.05) is 30.5 Å². The van der Waals surface area contributed by atoms with Gasteiger partial charge >= 0.3 is 0 Å². The normalized spacial score (nSPS) is 22.2. The highest BCUT2D eigenvalue weighted by Crippen LogP contribution is 2.29. The Hall–Kier alpha value is -3.41. The zero-order valence-electron chi connectivity index (χ0n) is 33.3. The van der Waals surface area contributed by atoms with Crippen LogP contribution in [-0.4, -0.2) is 59.4 Å². The molecule has 1 saturated heterocycles. The van der Waals surface area contributed by atoms with Gasteiger partial charge in [0.15, 0.2) is 0 Å². The number of anilines is 1. The molecule has 3 atom stereocenters. The molecule has 2 aliphatic rings. The predicted octanol–water partition coefficient (Wildman–Crippen LogP) is 12.4. The number of ether oxygens (including phenoxy) is 1. The van der Waals surface area contributed by atoms with Gasteiger partial charge in [-0.3, -0.25) is 9.88 Å². The third kappa shape index (κ3) is 12.8. The van der Waals surface area contributed by atoms with Crippen molar-refractivity contribution >= 4 is 27.4 Å². The lowest BCUT2D eigenvalue weighted by Gasteiger charge is -2.41. The fourth-order valence-electron chi connectivity index (χ4n) is 8.98. The molecular formula is C49H69N3O2. The van der Waals surface area contributed by atoms with Crippen molar-refractivity contribution in [2.24, 2.45) is 0 Å². The molecule has 5 nitrogen and oxygen atoms in total. The van der Waals surface area contributed by atoms with Gasteiger partial charge in [-0.2, -0.15) is 0 Å². The minimum Gasteiger partial charge on any atom is -0.490 e. The highest BCUT2D eigenvalue weighted by Gasteiger charge is 2.28. The molecule has 3 aromatic carbocycles. The van der Waals surface area contributed by atoms with E-state index in [1.165, 1.54) is 138 Å². The van der Waals surface area contributed by atoms with E-state index >= 15 is 0 Å². The Morgan fingerprint density at radius 1 is 0.630 bits per heavy atom. The number of hydrogen-bond acceptors (Lipinski definition) is 5. The number of aromatic nitrogens is 1. The number of hydrogen-bond donors (Lipinski definition) is 1. The molecule has 292 valence electrons. The average molecular weight is 732 g/mol. The van der Waals surface area contributed by atoms with E-state index in [0.717, 1.165) is 42.6 Å². The van der Waals surface area contributed by atoms with Crippen LogP contribution in [0.3, 0.4) is 0 Å². The quantitative estimate of drug-likeness (QED) is 0.200. The van der Waals surface area contributed by atoms with Crippen LogP contribution in [0.1, 0.15) is 135 Å². The summed E-state index contributed by atoms with van der Waals surface area (Å²) in [7, 11) is 0. The van der Waals surface area contributed by atoms with Gasteiger partial charge in [-0.15, -0.1) is 0 Å². The lowest BCUT2D eigenvalue weighted by molar-refractivity contribution is 0.0465. The Morgan fingerprint density at radius 3 is 1.96 bits per heavy atom. The van der Waals surface area contributed by atoms with Crippen molar-refractivity contribution in [2.45, 2.75) is 153 Å². The summed E-state index contributed by atoms with van der Waals surface area (Å²) < 4.78 is 6.32. The fourth-order valence-corrected chi connectivity index (χ4v) is 8.98. The van der Waals surface area contributed by atoms with Crippen LogP contribution < -0.4 is 9.64 Å². The predicted molar refractivity (Wildman–Crippen MR) is 230 cm³/mol. The minimum atomic E-state index is -0.589. The number of fused-ring (bicyclic) bond motifs is 5. The number of benzene rings is 3. The Kier molecular flexibility index (Phi) is 17.0. The summed E-state index contributed by atoms with van der Waals surface area (Å²) in [4.78, 5) is 9.87. The lowest BCUT2D eigenvalue weighted by atomic mass is 9.97. The Labute approximate surface area is 327 Å². The first kappa shape index (κ1) is 40.3. The third-order valence-corrected chi connectivity index (χ3v) is 12.1. The van der Waals surface area contributed by atoms with E-state index in [-0.39, 0.29) is 6.61 Å². The van der Waals surface area contributed by atoms with E-state index in [1.54, 1.807) is 0 Å². The van der Waals surface area contributed by atoms with Crippen LogP contribution in [-0.2, 0) is 0 Å². The summed E-state index contributed by atoms with van der Waals surface area (Å²) >= 11 is 0. The second kappa shape index (κ2) is 22.8. The van der Waals surface area contributed by atoms with Crippen molar-refractivity contribution in [1.82, 2.24) is 9.88 Å². The topological polar surface area (TPSA) is 48.8 Å². The van der Waals surface area contributed by atoms with Gasteiger partial charge in [0.05, 0.1) is 5.52 Å². The van der Waals surface area contributed by atoms with E-state index in [2.05, 4.69) is 75.5 Å². The maximum Gasteiger partial charge on any atom is 0.128 e. The third-order valence-electron chi connectivity index (χ3n) is 12.1. The Balaban J connectivity index is 1.19. The molecule has 1 fully saturated rings. The summed E-state index contributed by atoms with van der Waals surface area (Å²) in [6.45, 7) is 2.89. The minimum absolute atomic E-state index is 0.270. The lowest BCUT2D eigenvalue weighted by Crippen LogP contribution is -2.51. The molecule has 1 N–H and O–H groups in total. The second-order valence-corrected chi connectivity index (χ2v) is 16.4. The maximum absolute atomic E-state index is 11.7. The maximum atomic E-state index is 11.7. The first-order valence-electron chi connectivity index (χ1n) is 22.0. The first-order chi connectivity index (χ1) is 26.7. The SMILES string of the molecule is OC(COc1cccc2ncccc12)CN1CC2CC=CCC1CCCCCCCCCCCCCCCCCCCCN2c1ccc2ccccc2c1. The van der Waals surface area contributed by atoms with Crippen LogP contribution in [0.5, 0.6) is 5.75 Å². The zero-order valence-corrected chi connectivity index (χ0v) is 33.3. The Morgan fingerprint density at radius 2 is 1.26 bits per heavy atom. The zero-order chi connectivity index (χ0) is 37.0. The van der Waals surface area contributed by atoms with Gasteiger partial charge in [0, 0.05) is 49.0 Å². The molecule has 0 aliphatic carbocycles. The van der Waals surface area contributed by atoms with Crippen LogP contribution >= 0.6 is 0 Å². The molecule has 0 amide bonds. The second-order valence-electron chi connectivity index (χ2n) is 16.4. The number of nitrogens with zero attached hydrogens (tertiary/aromatic N) is 3. The molecule has 54 heavy (non-hydrogen) atoms. The molecule has 5 heteroatoms. The first-order valence-corrected chi connectivity index (χ1v) is 22.0. The Bertz CT molecular complexity index is 1670. The van der Waals surface area contributed by atoms with Crippen LogP contribution in [0.15, 0.2) is 91.1 Å². The molecule has 0 spiro atoms. The molecule has 2 aliphatic heterocycles. The standard InChI is InChI=1S/C49H69N3O2/c53-46(40-54-49-32-23-31-48-47(49)30-24-35-50-48)39-51-38-45-29-21-20-28-43(51)27-17-15-13-11-9-7-5-3-1-2-4-6-8-10-12-14-16-22-36-52(45)44-34-33-41-25-18-19-26-42(41)37-44/h18-21,23-26,30-35,37,43,45-46,53H,1-17,22,27-29,36,38-40H2. The molecule has 3 heterocycles. The molecule has 2 bridgehead atoms.